The Labute approximate surface area is 346 Å². The third kappa shape index (κ3) is 40.6. The Bertz CT molecular complexity index is 1050. The van der Waals surface area contributed by atoms with Crippen molar-refractivity contribution in [3.63, 3.8) is 0 Å². The number of amides is 1. The van der Waals surface area contributed by atoms with E-state index in [1.54, 1.807) is 6.08 Å². The largest absolute Gasteiger partial charge is 0.756 e. The van der Waals surface area contributed by atoms with E-state index in [0.717, 1.165) is 57.8 Å². The van der Waals surface area contributed by atoms with Gasteiger partial charge >= 0.3 is 0 Å². The first-order valence-electron chi connectivity index (χ1n) is 23.0. The van der Waals surface area contributed by atoms with Gasteiger partial charge in [0, 0.05) is 6.42 Å². The molecular weight excluding hydrogens is 719 g/mol. The van der Waals surface area contributed by atoms with Crippen molar-refractivity contribution in [2.45, 2.75) is 206 Å². The monoisotopic (exact) mass is 809 g/mol. The maximum Gasteiger partial charge on any atom is 0.268 e. The SMILES string of the molecule is CCCCC/C=C\C/C=C\CCCCCCCCCC(=O)NC(COP(=O)([O-])OCC[N+](C)(C)C)C(O)/C=C/CC/C=C/CCCCCCCCCCCCC. The van der Waals surface area contributed by atoms with E-state index >= 15 is 0 Å². The summed E-state index contributed by atoms with van der Waals surface area (Å²) in [5, 5.41) is 13.8. The number of phosphoric ester groups is 1. The quantitative estimate of drug-likeness (QED) is 0.0276. The average Bonchev–Trinajstić information content (AvgIpc) is 3.15. The van der Waals surface area contributed by atoms with Crippen molar-refractivity contribution in [3.05, 3.63) is 48.6 Å². The number of unbranched alkanes of at least 4 members (excludes halogenated alkanes) is 22. The van der Waals surface area contributed by atoms with E-state index < -0.39 is 26.6 Å². The van der Waals surface area contributed by atoms with Gasteiger partial charge in [-0.25, -0.2) is 0 Å². The van der Waals surface area contributed by atoms with E-state index in [1.807, 2.05) is 27.2 Å². The standard InChI is InChI=1S/C47H89N2O6P/c1-6-8-10-12-14-16-18-20-22-24-26-28-30-32-34-36-38-40-46(50)45(44-55-56(52,53)54-43-42-49(3,4)5)48-47(51)41-39-37-35-33-31-29-27-25-23-21-19-17-15-13-11-9-7-2/h15,17,21,23,30,32,38,40,45-46,50H,6-14,16,18-20,22,24-29,31,33-37,39,41-44H2,1-5H3,(H-,48,51,52,53)/b17-15-,23-21-,32-30+,40-38+. The lowest BCUT2D eigenvalue weighted by molar-refractivity contribution is -0.870. The van der Waals surface area contributed by atoms with Gasteiger partial charge < -0.3 is 28.8 Å². The van der Waals surface area contributed by atoms with E-state index in [9.17, 15) is 19.4 Å². The van der Waals surface area contributed by atoms with Crippen LogP contribution in [0.25, 0.3) is 0 Å². The van der Waals surface area contributed by atoms with Crippen molar-refractivity contribution >= 4 is 13.7 Å². The molecule has 0 saturated carbocycles. The zero-order chi connectivity index (χ0) is 41.4. The van der Waals surface area contributed by atoms with E-state index in [1.165, 1.54) is 116 Å². The van der Waals surface area contributed by atoms with Crippen molar-refractivity contribution in [2.24, 2.45) is 0 Å². The summed E-state index contributed by atoms with van der Waals surface area (Å²) in [6.45, 7) is 4.59. The minimum atomic E-state index is -4.60. The van der Waals surface area contributed by atoms with Gasteiger partial charge in [0.05, 0.1) is 39.9 Å². The number of rotatable bonds is 41. The Kier molecular flexibility index (Phi) is 37.9. The van der Waals surface area contributed by atoms with Crippen molar-refractivity contribution in [3.8, 4) is 0 Å². The minimum Gasteiger partial charge on any atom is -0.756 e. The van der Waals surface area contributed by atoms with E-state index in [2.05, 4.69) is 55.6 Å². The zero-order valence-corrected chi connectivity index (χ0v) is 38.0. The molecular formula is C47H89N2O6P. The summed E-state index contributed by atoms with van der Waals surface area (Å²) >= 11 is 0. The Balaban J connectivity index is 4.47. The lowest BCUT2D eigenvalue weighted by Gasteiger charge is -2.29. The van der Waals surface area contributed by atoms with Crippen LogP contribution < -0.4 is 10.2 Å². The number of allylic oxidation sites excluding steroid dienone is 7. The minimum absolute atomic E-state index is 0.00922. The summed E-state index contributed by atoms with van der Waals surface area (Å²) in [6.07, 6.45) is 48.7. The van der Waals surface area contributed by atoms with Crippen LogP contribution in [0.2, 0.25) is 0 Å². The van der Waals surface area contributed by atoms with E-state index in [0.29, 0.717) is 17.4 Å². The molecule has 0 aromatic heterocycles. The van der Waals surface area contributed by atoms with Gasteiger partial charge in [-0.1, -0.05) is 172 Å². The molecule has 1 amide bonds. The number of phosphoric acid groups is 1. The Morgan fingerprint density at radius 3 is 1.59 bits per heavy atom. The van der Waals surface area contributed by atoms with Crippen molar-refractivity contribution in [1.82, 2.24) is 5.32 Å². The molecule has 0 bridgehead atoms. The lowest BCUT2D eigenvalue weighted by Crippen LogP contribution is -2.45. The molecule has 0 aliphatic carbocycles. The number of hydrogen-bond acceptors (Lipinski definition) is 6. The number of nitrogens with one attached hydrogen (secondary N) is 1. The molecule has 8 nitrogen and oxygen atoms in total. The average molecular weight is 809 g/mol. The van der Waals surface area contributed by atoms with Gasteiger partial charge in [0.1, 0.15) is 13.2 Å². The first kappa shape index (κ1) is 54.5. The molecule has 56 heavy (non-hydrogen) atoms. The fourth-order valence-corrected chi connectivity index (χ4v) is 7.04. The molecule has 0 radical (unpaired) electrons. The number of aliphatic hydroxyl groups excluding tert-OH is 1. The molecule has 3 unspecified atom stereocenters. The van der Waals surface area contributed by atoms with Gasteiger partial charge in [-0.05, 0) is 64.2 Å². The van der Waals surface area contributed by atoms with Gasteiger partial charge in [0.15, 0.2) is 0 Å². The molecule has 0 rings (SSSR count). The van der Waals surface area contributed by atoms with Crippen LogP contribution >= 0.6 is 7.82 Å². The number of quaternary nitrogens is 1. The normalized spacial score (nSPS) is 14.8. The fraction of sp³-hybridized carbons (Fsp3) is 0.809. The Morgan fingerprint density at radius 2 is 1.05 bits per heavy atom. The molecule has 2 N–H and O–H groups in total. The highest BCUT2D eigenvalue weighted by molar-refractivity contribution is 7.45. The topological polar surface area (TPSA) is 108 Å². The smallest absolute Gasteiger partial charge is 0.268 e. The fourth-order valence-electron chi connectivity index (χ4n) is 6.31. The summed E-state index contributed by atoms with van der Waals surface area (Å²) in [5.41, 5.74) is 0. The molecule has 0 fully saturated rings. The van der Waals surface area contributed by atoms with Gasteiger partial charge in [0.2, 0.25) is 5.91 Å². The molecule has 328 valence electrons. The third-order valence-corrected chi connectivity index (χ3v) is 11.0. The maximum atomic E-state index is 12.9. The predicted molar refractivity (Wildman–Crippen MR) is 238 cm³/mol. The predicted octanol–water partition coefficient (Wildman–Crippen LogP) is 12.2. The molecule has 9 heteroatoms. The van der Waals surface area contributed by atoms with Crippen LogP contribution in [-0.2, 0) is 18.4 Å². The van der Waals surface area contributed by atoms with Crippen LogP contribution in [0, 0.1) is 0 Å². The van der Waals surface area contributed by atoms with Crippen LogP contribution in [0.5, 0.6) is 0 Å². The second kappa shape index (κ2) is 38.9. The summed E-state index contributed by atoms with van der Waals surface area (Å²) in [5.74, 6) is -0.217. The van der Waals surface area contributed by atoms with Gasteiger partial charge in [-0.2, -0.15) is 0 Å². The summed E-state index contributed by atoms with van der Waals surface area (Å²) in [7, 11) is 1.23. The van der Waals surface area contributed by atoms with E-state index in [-0.39, 0.29) is 12.5 Å². The molecule has 0 heterocycles. The number of likely N-dealkylation sites (N-methyl/N-ethyl adjacent to an activating group) is 1. The maximum absolute atomic E-state index is 12.9. The lowest BCUT2D eigenvalue weighted by atomic mass is 10.1. The number of carbonyl (C=O) groups is 1. The molecule has 0 spiro atoms. The summed E-state index contributed by atoms with van der Waals surface area (Å²) < 4.78 is 23.2. The first-order chi connectivity index (χ1) is 27.0. The number of carbonyl (C=O) groups excluding carboxylic acids is 1. The zero-order valence-electron chi connectivity index (χ0n) is 37.1. The highest BCUT2D eigenvalue weighted by Crippen LogP contribution is 2.38. The molecule has 0 aromatic carbocycles. The number of hydrogen-bond donors (Lipinski definition) is 2. The van der Waals surface area contributed by atoms with Crippen LogP contribution in [0.1, 0.15) is 194 Å². The second-order valence-electron chi connectivity index (χ2n) is 16.7. The number of aliphatic hydroxyl groups is 1. The van der Waals surface area contributed by atoms with Crippen molar-refractivity contribution in [2.75, 3.05) is 40.9 Å². The molecule has 0 aliphatic rings. The molecule has 0 saturated heterocycles. The van der Waals surface area contributed by atoms with Gasteiger partial charge in [-0.3, -0.25) is 9.36 Å². The Hall–Kier alpha value is -1.54. The van der Waals surface area contributed by atoms with Crippen LogP contribution in [0.3, 0.4) is 0 Å². The van der Waals surface area contributed by atoms with Crippen molar-refractivity contribution < 1.29 is 32.9 Å². The highest BCUT2D eigenvalue weighted by atomic mass is 31.2. The van der Waals surface area contributed by atoms with Crippen LogP contribution in [0.15, 0.2) is 48.6 Å². The Morgan fingerprint density at radius 1 is 0.625 bits per heavy atom. The highest BCUT2D eigenvalue weighted by Gasteiger charge is 2.23. The second-order valence-corrected chi connectivity index (χ2v) is 18.2. The van der Waals surface area contributed by atoms with Crippen LogP contribution in [0.4, 0.5) is 0 Å². The molecule has 3 atom stereocenters. The molecule has 0 aromatic rings. The van der Waals surface area contributed by atoms with Crippen molar-refractivity contribution in [1.29, 1.82) is 0 Å². The third-order valence-electron chi connectivity index (χ3n) is 10.0. The summed E-state index contributed by atoms with van der Waals surface area (Å²) in [6, 6.07) is -0.907. The number of nitrogens with zero attached hydrogens (tertiary/aromatic N) is 1. The molecule has 0 aliphatic heterocycles. The van der Waals surface area contributed by atoms with Crippen LogP contribution in [-0.4, -0.2) is 68.5 Å². The van der Waals surface area contributed by atoms with E-state index in [4.69, 9.17) is 9.05 Å². The van der Waals surface area contributed by atoms with Gasteiger partial charge in [-0.15, -0.1) is 0 Å². The van der Waals surface area contributed by atoms with Gasteiger partial charge in [0.25, 0.3) is 7.82 Å². The first-order valence-corrected chi connectivity index (χ1v) is 24.5. The summed E-state index contributed by atoms with van der Waals surface area (Å²) in [4.78, 5) is 25.3.